The summed E-state index contributed by atoms with van der Waals surface area (Å²) in [5.41, 5.74) is 2.37. The monoisotopic (exact) mass is 485 g/mol. The van der Waals surface area contributed by atoms with Crippen LogP contribution in [-0.4, -0.2) is 14.2 Å². The van der Waals surface area contributed by atoms with Crippen molar-refractivity contribution >= 4 is 52.1 Å². The van der Waals surface area contributed by atoms with E-state index in [1.165, 1.54) is 0 Å². The van der Waals surface area contributed by atoms with Crippen molar-refractivity contribution in [2.24, 2.45) is 0 Å². The van der Waals surface area contributed by atoms with Gasteiger partial charge in [-0.15, -0.1) is 0 Å². The van der Waals surface area contributed by atoms with Crippen molar-refractivity contribution in [1.82, 2.24) is 0 Å². The molecule has 0 spiro atoms. The van der Waals surface area contributed by atoms with Gasteiger partial charge in [-0.05, 0) is 42.0 Å². The highest BCUT2D eigenvalue weighted by atomic mass is 35.5. The van der Waals surface area contributed by atoms with Crippen molar-refractivity contribution in [3.05, 3.63) is 79.7 Å². The lowest BCUT2D eigenvalue weighted by Gasteiger charge is -2.16. The van der Waals surface area contributed by atoms with Crippen LogP contribution in [-0.2, 0) is 13.2 Å². The van der Waals surface area contributed by atoms with Crippen LogP contribution in [0.15, 0.2) is 48.5 Å². The molecule has 0 aromatic heterocycles. The van der Waals surface area contributed by atoms with Gasteiger partial charge in [-0.1, -0.05) is 52.5 Å². The zero-order valence-corrected chi connectivity index (χ0v) is 19.3. The molecule has 0 saturated heterocycles. The maximum Gasteiger partial charge on any atom is 0.163 e. The Morgan fingerprint density at radius 3 is 2.07 bits per heavy atom. The fraction of sp³-hybridized carbons (Fsp3) is 0.182. The molecule has 0 fully saturated rings. The molecule has 3 rings (SSSR count). The quantitative estimate of drug-likeness (QED) is 0.357. The van der Waals surface area contributed by atoms with Crippen LogP contribution in [0.2, 0.25) is 20.1 Å². The minimum Gasteiger partial charge on any atom is -0.495 e. The first-order valence-corrected chi connectivity index (χ1v) is 10.4. The Labute approximate surface area is 195 Å². The minimum atomic E-state index is 0.188. The van der Waals surface area contributed by atoms with Crippen LogP contribution in [0.1, 0.15) is 11.1 Å². The number of ether oxygens (including phenoxy) is 3. The molecular formula is C22H19Cl4NO3. The van der Waals surface area contributed by atoms with Gasteiger partial charge >= 0.3 is 0 Å². The Balaban J connectivity index is 1.74. The van der Waals surface area contributed by atoms with Crippen LogP contribution in [0.4, 0.5) is 5.69 Å². The highest BCUT2D eigenvalue weighted by Gasteiger charge is 2.13. The molecule has 0 aliphatic carbocycles. The fourth-order valence-electron chi connectivity index (χ4n) is 2.78. The molecule has 8 heteroatoms. The van der Waals surface area contributed by atoms with Gasteiger partial charge in [0.2, 0.25) is 0 Å². The summed E-state index contributed by atoms with van der Waals surface area (Å²) in [6.07, 6.45) is 0. The average molecular weight is 487 g/mol. The van der Waals surface area contributed by atoms with Crippen molar-refractivity contribution in [1.29, 1.82) is 0 Å². The maximum atomic E-state index is 6.47. The summed E-state index contributed by atoms with van der Waals surface area (Å²) in [6, 6.07) is 14.3. The molecule has 30 heavy (non-hydrogen) atoms. The van der Waals surface area contributed by atoms with Gasteiger partial charge in [0.15, 0.2) is 11.5 Å². The molecule has 3 aromatic carbocycles. The van der Waals surface area contributed by atoms with Crippen LogP contribution >= 0.6 is 46.4 Å². The molecule has 0 radical (unpaired) electrons. The van der Waals surface area contributed by atoms with Crippen molar-refractivity contribution < 1.29 is 14.2 Å². The lowest BCUT2D eigenvalue weighted by Crippen LogP contribution is -2.03. The molecule has 0 amide bonds. The van der Waals surface area contributed by atoms with Crippen LogP contribution in [0, 0.1) is 0 Å². The predicted molar refractivity (Wildman–Crippen MR) is 124 cm³/mol. The standard InChI is InChI=1S/C22H19Cl4NO3/c1-28-20-7-6-14(9-19(20)26)27-11-13-8-21(29-2)22(10-18(13)25)30-12-15-16(23)4-3-5-17(15)24/h3-10,27H,11-12H2,1-2H3. The average Bonchev–Trinajstić information content (AvgIpc) is 2.72. The van der Waals surface area contributed by atoms with Crippen LogP contribution in [0.3, 0.4) is 0 Å². The van der Waals surface area contributed by atoms with E-state index in [1.807, 2.05) is 12.1 Å². The van der Waals surface area contributed by atoms with E-state index in [0.717, 1.165) is 11.3 Å². The molecule has 0 aliphatic heterocycles. The molecule has 0 saturated carbocycles. The van der Waals surface area contributed by atoms with Crippen molar-refractivity contribution in [2.75, 3.05) is 19.5 Å². The summed E-state index contributed by atoms with van der Waals surface area (Å²) in [7, 11) is 3.14. The van der Waals surface area contributed by atoms with Crippen molar-refractivity contribution in [3.8, 4) is 17.2 Å². The topological polar surface area (TPSA) is 39.7 Å². The fourth-order valence-corrected chi connectivity index (χ4v) is 3.76. The molecular weight excluding hydrogens is 468 g/mol. The molecule has 3 aromatic rings. The van der Waals surface area contributed by atoms with Gasteiger partial charge in [-0.2, -0.15) is 0 Å². The van der Waals surface area contributed by atoms with Gasteiger partial charge in [0, 0.05) is 38.9 Å². The van der Waals surface area contributed by atoms with E-state index in [0.29, 0.717) is 49.4 Å². The minimum absolute atomic E-state index is 0.188. The summed E-state index contributed by atoms with van der Waals surface area (Å²) >= 11 is 25.1. The second-order valence-corrected chi connectivity index (χ2v) is 7.92. The zero-order chi connectivity index (χ0) is 21.7. The molecule has 4 nitrogen and oxygen atoms in total. The summed E-state index contributed by atoms with van der Waals surface area (Å²) in [5.74, 6) is 1.66. The number of benzene rings is 3. The highest BCUT2D eigenvalue weighted by molar-refractivity contribution is 6.36. The Morgan fingerprint density at radius 1 is 0.733 bits per heavy atom. The molecule has 0 aliphatic rings. The Kier molecular flexibility index (Phi) is 7.84. The predicted octanol–water partition coefficient (Wildman–Crippen LogP) is 7.51. The molecule has 0 heterocycles. The molecule has 158 valence electrons. The number of hydrogen-bond acceptors (Lipinski definition) is 4. The van der Waals surface area contributed by atoms with Gasteiger partial charge in [-0.25, -0.2) is 0 Å². The van der Waals surface area contributed by atoms with E-state index >= 15 is 0 Å². The number of nitrogens with one attached hydrogen (secondary N) is 1. The van der Waals surface area contributed by atoms with Gasteiger partial charge in [0.1, 0.15) is 12.4 Å². The number of halogens is 4. The smallest absolute Gasteiger partial charge is 0.163 e. The maximum absolute atomic E-state index is 6.47. The van der Waals surface area contributed by atoms with E-state index in [1.54, 1.807) is 50.6 Å². The number of hydrogen-bond donors (Lipinski definition) is 1. The van der Waals surface area contributed by atoms with E-state index in [-0.39, 0.29) is 6.61 Å². The third-order valence-corrected chi connectivity index (χ3v) is 5.76. The van der Waals surface area contributed by atoms with E-state index in [4.69, 9.17) is 60.6 Å². The molecule has 0 unspecified atom stereocenters. The van der Waals surface area contributed by atoms with Gasteiger partial charge in [0.25, 0.3) is 0 Å². The number of methoxy groups -OCH3 is 2. The lowest BCUT2D eigenvalue weighted by atomic mass is 10.2. The molecule has 0 bridgehead atoms. The Hall–Kier alpha value is -1.98. The van der Waals surface area contributed by atoms with Gasteiger partial charge < -0.3 is 19.5 Å². The zero-order valence-electron chi connectivity index (χ0n) is 16.3. The summed E-state index contributed by atoms with van der Waals surface area (Å²) in [4.78, 5) is 0. The third kappa shape index (κ3) is 5.38. The van der Waals surface area contributed by atoms with Gasteiger partial charge in [0.05, 0.1) is 19.2 Å². The third-order valence-electron chi connectivity index (χ3n) is 4.40. The second kappa shape index (κ2) is 10.4. The van der Waals surface area contributed by atoms with Crippen molar-refractivity contribution in [3.63, 3.8) is 0 Å². The van der Waals surface area contributed by atoms with E-state index < -0.39 is 0 Å². The van der Waals surface area contributed by atoms with E-state index in [9.17, 15) is 0 Å². The number of anilines is 1. The Morgan fingerprint density at radius 2 is 1.43 bits per heavy atom. The molecule has 0 atom stereocenters. The Bertz CT molecular complexity index is 1020. The van der Waals surface area contributed by atoms with Gasteiger partial charge in [-0.3, -0.25) is 0 Å². The second-order valence-electron chi connectivity index (χ2n) is 6.29. The van der Waals surface area contributed by atoms with Crippen molar-refractivity contribution in [2.45, 2.75) is 13.2 Å². The highest BCUT2D eigenvalue weighted by Crippen LogP contribution is 2.36. The van der Waals surface area contributed by atoms with Crippen LogP contribution in [0.5, 0.6) is 17.2 Å². The SMILES string of the molecule is COc1ccc(NCc2cc(OC)c(OCc3c(Cl)cccc3Cl)cc2Cl)cc1Cl. The normalized spacial score (nSPS) is 10.6. The largest absolute Gasteiger partial charge is 0.495 e. The first-order valence-electron chi connectivity index (χ1n) is 8.92. The van der Waals surface area contributed by atoms with Crippen LogP contribution in [0.25, 0.3) is 0 Å². The number of rotatable bonds is 8. The van der Waals surface area contributed by atoms with Crippen LogP contribution < -0.4 is 19.5 Å². The van der Waals surface area contributed by atoms with E-state index in [2.05, 4.69) is 5.32 Å². The lowest BCUT2D eigenvalue weighted by molar-refractivity contribution is 0.284. The first-order chi connectivity index (χ1) is 14.4. The summed E-state index contributed by atoms with van der Waals surface area (Å²) < 4.78 is 16.5. The summed E-state index contributed by atoms with van der Waals surface area (Å²) in [5, 5.41) is 5.40. The first kappa shape index (κ1) is 22.7. The molecule has 1 N–H and O–H groups in total. The summed E-state index contributed by atoms with van der Waals surface area (Å²) in [6.45, 7) is 0.654.